The first-order valence-electron chi connectivity index (χ1n) is 6.01. The van der Waals surface area contributed by atoms with E-state index in [9.17, 15) is 14.7 Å². The van der Waals surface area contributed by atoms with Gasteiger partial charge < -0.3 is 20.3 Å². The van der Waals surface area contributed by atoms with Gasteiger partial charge in [-0.2, -0.15) is 0 Å². The molecule has 3 N–H and O–H groups in total. The Labute approximate surface area is 116 Å². The Bertz CT molecular complexity index is 512. The topological polar surface area (TPSA) is 95.9 Å². The number of allylic oxidation sites excluding steroid dienone is 1. The highest BCUT2D eigenvalue weighted by Crippen LogP contribution is 2.22. The minimum Gasteiger partial charge on any atom is -0.507 e. The van der Waals surface area contributed by atoms with Crippen LogP contribution in [-0.2, 0) is 4.79 Å². The summed E-state index contributed by atoms with van der Waals surface area (Å²) >= 11 is 0. The van der Waals surface area contributed by atoms with E-state index < -0.39 is 17.9 Å². The second-order valence-electron chi connectivity index (χ2n) is 4.11. The number of ether oxygens (including phenoxy) is 1. The lowest BCUT2D eigenvalue weighted by molar-refractivity contribution is -0.139. The number of phenolic OH excluding ortho intramolecular Hbond substituents is 1. The summed E-state index contributed by atoms with van der Waals surface area (Å²) in [5.41, 5.74) is -0.0331. The monoisotopic (exact) mass is 279 g/mol. The van der Waals surface area contributed by atoms with Gasteiger partial charge in [0.15, 0.2) is 0 Å². The van der Waals surface area contributed by atoms with Crippen molar-refractivity contribution in [2.24, 2.45) is 0 Å². The highest BCUT2D eigenvalue weighted by Gasteiger charge is 2.21. The summed E-state index contributed by atoms with van der Waals surface area (Å²) in [7, 11) is 1.43. The third kappa shape index (κ3) is 4.01. The number of aromatic hydroxyl groups is 1. The van der Waals surface area contributed by atoms with E-state index in [1.54, 1.807) is 6.08 Å². The maximum Gasteiger partial charge on any atom is 0.326 e. The van der Waals surface area contributed by atoms with Gasteiger partial charge in [-0.3, -0.25) is 4.79 Å². The molecule has 0 fully saturated rings. The van der Waals surface area contributed by atoms with Crippen molar-refractivity contribution in [3.8, 4) is 11.5 Å². The second kappa shape index (κ2) is 7.18. The predicted octanol–water partition coefficient (Wildman–Crippen LogP) is 1.55. The van der Waals surface area contributed by atoms with Crippen molar-refractivity contribution in [2.75, 3.05) is 7.11 Å². The molecule has 6 heteroatoms. The molecule has 6 nitrogen and oxygen atoms in total. The van der Waals surface area contributed by atoms with Crippen LogP contribution in [-0.4, -0.2) is 35.2 Å². The SMILES string of the molecule is C=CCCC(NC(=O)c1cc(OC)ccc1O)C(=O)O. The third-order valence-corrected chi connectivity index (χ3v) is 2.71. The van der Waals surface area contributed by atoms with E-state index in [0.29, 0.717) is 12.2 Å². The first kappa shape index (κ1) is 15.6. The van der Waals surface area contributed by atoms with E-state index >= 15 is 0 Å². The van der Waals surface area contributed by atoms with Crippen LogP contribution >= 0.6 is 0 Å². The van der Waals surface area contributed by atoms with Crippen molar-refractivity contribution >= 4 is 11.9 Å². The molecular formula is C14H17NO5. The van der Waals surface area contributed by atoms with Gasteiger partial charge in [0.25, 0.3) is 5.91 Å². The number of carboxylic acid groups (broad SMARTS) is 1. The predicted molar refractivity (Wildman–Crippen MR) is 73.0 cm³/mol. The molecule has 0 saturated heterocycles. The number of hydrogen-bond acceptors (Lipinski definition) is 4. The van der Waals surface area contributed by atoms with Gasteiger partial charge in [0.1, 0.15) is 17.5 Å². The molecule has 1 unspecified atom stereocenters. The largest absolute Gasteiger partial charge is 0.507 e. The zero-order valence-electron chi connectivity index (χ0n) is 11.1. The number of amides is 1. The molecule has 1 aromatic rings. The highest BCUT2D eigenvalue weighted by atomic mass is 16.5. The van der Waals surface area contributed by atoms with E-state index in [2.05, 4.69) is 11.9 Å². The number of nitrogens with one attached hydrogen (secondary N) is 1. The molecule has 20 heavy (non-hydrogen) atoms. The summed E-state index contributed by atoms with van der Waals surface area (Å²) in [6.07, 6.45) is 2.27. The fourth-order valence-electron chi connectivity index (χ4n) is 1.60. The van der Waals surface area contributed by atoms with Crippen LogP contribution in [0, 0.1) is 0 Å². The molecule has 108 valence electrons. The van der Waals surface area contributed by atoms with Crippen molar-refractivity contribution < 1.29 is 24.5 Å². The average Bonchev–Trinajstić information content (AvgIpc) is 2.43. The lowest BCUT2D eigenvalue weighted by atomic mass is 10.1. The van der Waals surface area contributed by atoms with Crippen LogP contribution in [0.15, 0.2) is 30.9 Å². The van der Waals surface area contributed by atoms with Gasteiger partial charge in [0.2, 0.25) is 0 Å². The van der Waals surface area contributed by atoms with Crippen LogP contribution in [0.2, 0.25) is 0 Å². The summed E-state index contributed by atoms with van der Waals surface area (Å²) in [6.45, 7) is 3.50. The summed E-state index contributed by atoms with van der Waals surface area (Å²) < 4.78 is 4.96. The molecule has 0 aromatic heterocycles. The van der Waals surface area contributed by atoms with Gasteiger partial charge in [-0.1, -0.05) is 6.08 Å². The first-order valence-corrected chi connectivity index (χ1v) is 6.01. The molecule has 0 aliphatic carbocycles. The number of methoxy groups -OCH3 is 1. The maximum absolute atomic E-state index is 12.0. The van der Waals surface area contributed by atoms with Crippen molar-refractivity contribution in [1.82, 2.24) is 5.32 Å². The number of carbonyl (C=O) groups is 2. The molecule has 0 aliphatic rings. The molecule has 0 heterocycles. The lowest BCUT2D eigenvalue weighted by Gasteiger charge is -2.14. The summed E-state index contributed by atoms with van der Waals surface area (Å²) in [5, 5.41) is 21.0. The van der Waals surface area contributed by atoms with Crippen LogP contribution in [0.4, 0.5) is 0 Å². The molecule has 1 rings (SSSR count). The standard InChI is InChI=1S/C14H17NO5/c1-3-4-5-11(14(18)19)15-13(17)10-8-9(20-2)6-7-12(10)16/h3,6-8,11,16H,1,4-5H2,2H3,(H,15,17)(H,18,19). The van der Waals surface area contributed by atoms with Crippen molar-refractivity contribution in [1.29, 1.82) is 0 Å². The van der Waals surface area contributed by atoms with Crippen molar-refractivity contribution in [3.05, 3.63) is 36.4 Å². The Morgan fingerprint density at radius 2 is 2.20 bits per heavy atom. The molecule has 0 bridgehead atoms. The number of phenols is 1. The minimum absolute atomic E-state index is 0.0331. The van der Waals surface area contributed by atoms with Gasteiger partial charge in [0, 0.05) is 0 Å². The molecule has 1 aromatic carbocycles. The van der Waals surface area contributed by atoms with E-state index in [1.165, 1.54) is 25.3 Å². The number of carbonyl (C=O) groups excluding carboxylic acids is 1. The summed E-state index contributed by atoms with van der Waals surface area (Å²) in [5.74, 6) is -1.65. The van der Waals surface area contributed by atoms with E-state index in [4.69, 9.17) is 9.84 Å². The van der Waals surface area contributed by atoms with Crippen LogP contribution < -0.4 is 10.1 Å². The van der Waals surface area contributed by atoms with Gasteiger partial charge in [-0.05, 0) is 31.0 Å². The Morgan fingerprint density at radius 3 is 2.75 bits per heavy atom. The van der Waals surface area contributed by atoms with E-state index in [0.717, 1.165) is 0 Å². The molecule has 0 aliphatic heterocycles. The highest BCUT2D eigenvalue weighted by molar-refractivity contribution is 5.99. The summed E-state index contributed by atoms with van der Waals surface area (Å²) in [4.78, 5) is 23.0. The average molecular weight is 279 g/mol. The van der Waals surface area contributed by atoms with Gasteiger partial charge >= 0.3 is 5.97 Å². The number of hydrogen-bond donors (Lipinski definition) is 3. The molecular weight excluding hydrogens is 262 g/mol. The minimum atomic E-state index is -1.14. The number of rotatable bonds is 7. The Morgan fingerprint density at radius 1 is 1.50 bits per heavy atom. The zero-order chi connectivity index (χ0) is 15.1. The zero-order valence-corrected chi connectivity index (χ0v) is 11.1. The Hall–Kier alpha value is -2.50. The maximum atomic E-state index is 12.0. The van der Waals surface area contributed by atoms with E-state index in [1.807, 2.05) is 0 Å². The van der Waals surface area contributed by atoms with Crippen LogP contribution in [0.1, 0.15) is 23.2 Å². The fraction of sp³-hybridized carbons (Fsp3) is 0.286. The normalized spacial score (nSPS) is 11.4. The van der Waals surface area contributed by atoms with Crippen LogP contribution in [0.5, 0.6) is 11.5 Å². The van der Waals surface area contributed by atoms with Crippen LogP contribution in [0.25, 0.3) is 0 Å². The Balaban J connectivity index is 2.88. The first-order chi connectivity index (χ1) is 9.49. The van der Waals surface area contributed by atoms with Gasteiger partial charge in [-0.25, -0.2) is 4.79 Å². The van der Waals surface area contributed by atoms with Crippen molar-refractivity contribution in [2.45, 2.75) is 18.9 Å². The lowest BCUT2D eigenvalue weighted by Crippen LogP contribution is -2.40. The molecule has 0 radical (unpaired) electrons. The molecule has 0 saturated carbocycles. The summed E-state index contributed by atoms with van der Waals surface area (Å²) in [6, 6.07) is 3.12. The quantitative estimate of drug-likeness (QED) is 0.658. The Kier molecular flexibility index (Phi) is 5.58. The number of benzene rings is 1. The van der Waals surface area contributed by atoms with Gasteiger partial charge in [-0.15, -0.1) is 6.58 Å². The van der Waals surface area contributed by atoms with Crippen molar-refractivity contribution in [3.63, 3.8) is 0 Å². The van der Waals surface area contributed by atoms with E-state index in [-0.39, 0.29) is 17.7 Å². The van der Waals surface area contributed by atoms with Gasteiger partial charge in [0.05, 0.1) is 12.7 Å². The third-order valence-electron chi connectivity index (χ3n) is 2.71. The number of aliphatic carboxylic acids is 1. The molecule has 1 atom stereocenters. The molecule has 1 amide bonds. The molecule has 0 spiro atoms. The smallest absolute Gasteiger partial charge is 0.326 e. The number of carboxylic acids is 1. The fourth-order valence-corrected chi connectivity index (χ4v) is 1.60. The van der Waals surface area contributed by atoms with Crippen LogP contribution in [0.3, 0.4) is 0 Å². The second-order valence-corrected chi connectivity index (χ2v) is 4.11.